The van der Waals surface area contributed by atoms with Gasteiger partial charge in [-0.3, -0.25) is 0 Å². The average Bonchev–Trinajstić information content (AvgIpc) is 2.18. The Hall–Kier alpha value is -1.21. The van der Waals surface area contributed by atoms with Crippen molar-refractivity contribution in [3.05, 3.63) is 42.0 Å². The summed E-state index contributed by atoms with van der Waals surface area (Å²) in [6.07, 6.45) is 0. The van der Waals surface area contributed by atoms with Crippen LogP contribution in [0.3, 0.4) is 0 Å². The molecule has 0 saturated heterocycles. The van der Waals surface area contributed by atoms with Crippen molar-refractivity contribution in [1.29, 1.82) is 0 Å². The Labute approximate surface area is 97.1 Å². The monoisotopic (exact) mass is 221 g/mol. The molecule has 0 atom stereocenters. The van der Waals surface area contributed by atoms with Gasteiger partial charge in [-0.15, -0.1) is 12.4 Å². The van der Waals surface area contributed by atoms with E-state index < -0.39 is 0 Å². The van der Waals surface area contributed by atoms with Gasteiger partial charge in [-0.2, -0.15) is 0 Å². The molecular formula is C13H16ClN. The molecule has 0 amide bonds. The van der Waals surface area contributed by atoms with E-state index in [-0.39, 0.29) is 12.4 Å². The van der Waals surface area contributed by atoms with Crippen LogP contribution in [-0.2, 0) is 0 Å². The lowest BCUT2D eigenvalue weighted by Gasteiger charge is -2.17. The summed E-state index contributed by atoms with van der Waals surface area (Å²) in [6.45, 7) is 2.18. The van der Waals surface area contributed by atoms with Gasteiger partial charge in [0.15, 0.2) is 0 Å². The molecule has 2 aromatic rings. The summed E-state index contributed by atoms with van der Waals surface area (Å²) in [5.41, 5.74) is 2.65. The van der Waals surface area contributed by atoms with Crippen molar-refractivity contribution in [2.75, 3.05) is 19.0 Å². The van der Waals surface area contributed by atoms with Gasteiger partial charge in [0.25, 0.3) is 0 Å². The van der Waals surface area contributed by atoms with Crippen molar-refractivity contribution in [3.63, 3.8) is 0 Å². The highest BCUT2D eigenvalue weighted by Gasteiger charge is 2.03. The minimum absolute atomic E-state index is 0. The molecule has 0 aliphatic carbocycles. The third kappa shape index (κ3) is 2.07. The molecule has 1 nitrogen and oxygen atoms in total. The van der Waals surface area contributed by atoms with E-state index in [1.165, 1.54) is 22.0 Å². The van der Waals surface area contributed by atoms with Crippen molar-refractivity contribution in [2.45, 2.75) is 6.92 Å². The molecule has 0 aliphatic rings. The topological polar surface area (TPSA) is 3.24 Å². The summed E-state index contributed by atoms with van der Waals surface area (Å²) in [7, 11) is 4.16. The van der Waals surface area contributed by atoms with E-state index in [4.69, 9.17) is 0 Å². The van der Waals surface area contributed by atoms with E-state index >= 15 is 0 Å². The molecule has 0 bridgehead atoms. The van der Waals surface area contributed by atoms with Crippen LogP contribution < -0.4 is 4.90 Å². The van der Waals surface area contributed by atoms with Gasteiger partial charge in [0.05, 0.1) is 0 Å². The smallest absolute Gasteiger partial charge is 0.0397 e. The molecule has 0 aromatic heterocycles. The Bertz CT molecular complexity index is 463. The number of hydrogen-bond donors (Lipinski definition) is 0. The van der Waals surface area contributed by atoms with Crippen molar-refractivity contribution in [2.24, 2.45) is 0 Å². The first-order chi connectivity index (χ1) is 6.70. The Morgan fingerprint density at radius 3 is 2.27 bits per heavy atom. The molecule has 2 aromatic carbocycles. The number of anilines is 1. The van der Waals surface area contributed by atoms with E-state index in [2.05, 4.69) is 62.3 Å². The van der Waals surface area contributed by atoms with Crippen LogP contribution in [0.4, 0.5) is 5.69 Å². The fourth-order valence-electron chi connectivity index (χ4n) is 1.90. The first-order valence-electron chi connectivity index (χ1n) is 4.86. The highest BCUT2D eigenvalue weighted by atomic mass is 35.5. The molecule has 0 spiro atoms. The van der Waals surface area contributed by atoms with Gasteiger partial charge in [-0.05, 0) is 29.3 Å². The molecule has 0 saturated carbocycles. The van der Waals surface area contributed by atoms with Crippen LogP contribution in [0, 0.1) is 6.92 Å². The summed E-state index contributed by atoms with van der Waals surface area (Å²) in [5.74, 6) is 0. The molecule has 2 heteroatoms. The summed E-state index contributed by atoms with van der Waals surface area (Å²) in [6, 6.07) is 12.9. The van der Waals surface area contributed by atoms with Gasteiger partial charge < -0.3 is 4.90 Å². The largest absolute Gasteiger partial charge is 0.377 e. The molecule has 0 aliphatic heterocycles. The fourth-order valence-corrected chi connectivity index (χ4v) is 1.90. The third-order valence-corrected chi connectivity index (χ3v) is 2.65. The molecule has 0 radical (unpaired) electrons. The van der Waals surface area contributed by atoms with Gasteiger partial charge in [0.1, 0.15) is 0 Å². The van der Waals surface area contributed by atoms with Crippen molar-refractivity contribution in [3.8, 4) is 0 Å². The van der Waals surface area contributed by atoms with Gasteiger partial charge in [0, 0.05) is 19.8 Å². The maximum Gasteiger partial charge on any atom is 0.0397 e. The lowest BCUT2D eigenvalue weighted by molar-refractivity contribution is 1.12. The highest BCUT2D eigenvalue weighted by Crippen LogP contribution is 2.26. The van der Waals surface area contributed by atoms with Crippen LogP contribution >= 0.6 is 12.4 Å². The summed E-state index contributed by atoms with van der Waals surface area (Å²) in [5, 5.41) is 2.66. The molecule has 0 unspecified atom stereocenters. The molecule has 80 valence electrons. The van der Waals surface area contributed by atoms with Crippen molar-refractivity contribution < 1.29 is 0 Å². The minimum Gasteiger partial charge on any atom is -0.377 e. The molecule has 0 N–H and O–H groups in total. The third-order valence-electron chi connectivity index (χ3n) is 2.65. The fraction of sp³-hybridized carbons (Fsp3) is 0.231. The molecule has 2 rings (SSSR count). The predicted octanol–water partition coefficient (Wildman–Crippen LogP) is 3.64. The van der Waals surface area contributed by atoms with Crippen LogP contribution in [0.2, 0.25) is 0 Å². The van der Waals surface area contributed by atoms with Gasteiger partial charge in [-0.25, -0.2) is 0 Å². The first kappa shape index (κ1) is 11.9. The van der Waals surface area contributed by atoms with Crippen molar-refractivity contribution >= 4 is 28.9 Å². The average molecular weight is 222 g/mol. The Morgan fingerprint density at radius 2 is 1.60 bits per heavy atom. The summed E-state index contributed by atoms with van der Waals surface area (Å²) in [4.78, 5) is 2.15. The van der Waals surface area contributed by atoms with Crippen LogP contribution in [-0.4, -0.2) is 14.1 Å². The second kappa shape index (κ2) is 4.54. The number of aryl methyl sites for hydroxylation is 1. The highest BCUT2D eigenvalue weighted by molar-refractivity contribution is 5.89. The number of nitrogens with zero attached hydrogens (tertiary/aromatic N) is 1. The normalized spacial score (nSPS) is 9.80. The second-order valence-corrected chi connectivity index (χ2v) is 3.83. The van der Waals surface area contributed by atoms with Gasteiger partial charge in [0.2, 0.25) is 0 Å². The predicted molar refractivity (Wildman–Crippen MR) is 70.3 cm³/mol. The van der Waals surface area contributed by atoms with E-state index in [0.717, 1.165) is 0 Å². The van der Waals surface area contributed by atoms with Gasteiger partial charge >= 0.3 is 0 Å². The maximum absolute atomic E-state index is 2.18. The van der Waals surface area contributed by atoms with Crippen molar-refractivity contribution in [1.82, 2.24) is 0 Å². The minimum atomic E-state index is 0. The Balaban J connectivity index is 0.00000112. The zero-order valence-corrected chi connectivity index (χ0v) is 10.1. The number of rotatable bonds is 1. The summed E-state index contributed by atoms with van der Waals surface area (Å²) >= 11 is 0. The number of fused-ring (bicyclic) bond motifs is 1. The zero-order valence-electron chi connectivity index (χ0n) is 9.32. The summed E-state index contributed by atoms with van der Waals surface area (Å²) < 4.78 is 0. The van der Waals surface area contributed by atoms with Crippen LogP contribution in [0.25, 0.3) is 10.8 Å². The quantitative estimate of drug-likeness (QED) is 0.711. The SMILES string of the molecule is Cc1c(N(C)C)ccc2ccccc12.Cl. The zero-order chi connectivity index (χ0) is 10.1. The molecule has 0 fully saturated rings. The Morgan fingerprint density at radius 1 is 0.933 bits per heavy atom. The first-order valence-corrected chi connectivity index (χ1v) is 4.86. The lowest BCUT2D eigenvalue weighted by Crippen LogP contribution is -2.10. The molecular weight excluding hydrogens is 206 g/mol. The lowest BCUT2D eigenvalue weighted by atomic mass is 10.0. The van der Waals surface area contributed by atoms with Crippen LogP contribution in [0.15, 0.2) is 36.4 Å². The standard InChI is InChI=1S/C13H15N.ClH/c1-10-12-7-5-4-6-11(12)8-9-13(10)14(2)3;/h4-9H,1-3H3;1H. The van der Waals surface area contributed by atoms with E-state index in [9.17, 15) is 0 Å². The molecule has 0 heterocycles. The Kier molecular flexibility index (Phi) is 3.59. The number of hydrogen-bond acceptors (Lipinski definition) is 1. The second-order valence-electron chi connectivity index (χ2n) is 3.83. The number of halogens is 1. The van der Waals surface area contributed by atoms with Crippen LogP contribution in [0.1, 0.15) is 5.56 Å². The maximum atomic E-state index is 2.18. The van der Waals surface area contributed by atoms with E-state index in [0.29, 0.717) is 0 Å². The van der Waals surface area contributed by atoms with Gasteiger partial charge in [-0.1, -0.05) is 30.3 Å². The number of benzene rings is 2. The van der Waals surface area contributed by atoms with E-state index in [1.54, 1.807) is 0 Å². The molecule has 15 heavy (non-hydrogen) atoms. The van der Waals surface area contributed by atoms with E-state index in [1.807, 2.05) is 0 Å². The van der Waals surface area contributed by atoms with Crippen LogP contribution in [0.5, 0.6) is 0 Å².